The van der Waals surface area contributed by atoms with Gasteiger partial charge in [-0.25, -0.2) is 9.97 Å². The van der Waals surface area contributed by atoms with Crippen LogP contribution in [0.5, 0.6) is 0 Å². The average molecular weight is 323 g/mol. The third-order valence-electron chi connectivity index (χ3n) is 3.13. The Hall–Kier alpha value is -0.950. The van der Waals surface area contributed by atoms with Crippen LogP contribution in [-0.2, 0) is 13.1 Å². The van der Waals surface area contributed by atoms with Crippen molar-refractivity contribution in [2.75, 3.05) is 12.8 Å². The maximum Gasteiger partial charge on any atom is 0.187 e. The molecule has 0 unspecified atom stereocenters. The van der Waals surface area contributed by atoms with Gasteiger partial charge in [-0.1, -0.05) is 11.8 Å². The standard InChI is InChI=1S/C15H21N3OS2/c1-11-4-5-21-14(11)10-18(8-12(2)19)9-13-6-16-15(20-3)17-7-13/h4-7,12,19H,8-10H2,1-3H3/t12-/m1/s1. The lowest BCUT2D eigenvalue weighted by Gasteiger charge is -2.23. The SMILES string of the molecule is CSc1ncc(CN(Cc2sccc2C)C[C@@H](C)O)cn1. The molecule has 0 aliphatic heterocycles. The predicted molar refractivity (Wildman–Crippen MR) is 88.7 cm³/mol. The normalized spacial score (nSPS) is 12.8. The van der Waals surface area contributed by atoms with Crippen molar-refractivity contribution >= 4 is 23.1 Å². The molecule has 0 fully saturated rings. The molecule has 1 N–H and O–H groups in total. The summed E-state index contributed by atoms with van der Waals surface area (Å²) in [4.78, 5) is 12.2. The van der Waals surface area contributed by atoms with E-state index in [0.29, 0.717) is 6.54 Å². The molecule has 0 aliphatic carbocycles. The molecule has 0 aromatic carbocycles. The quantitative estimate of drug-likeness (QED) is 0.627. The molecular weight excluding hydrogens is 302 g/mol. The van der Waals surface area contributed by atoms with Gasteiger partial charge in [-0.15, -0.1) is 11.3 Å². The van der Waals surface area contributed by atoms with Gasteiger partial charge in [0.05, 0.1) is 6.10 Å². The van der Waals surface area contributed by atoms with Crippen LogP contribution in [0.2, 0.25) is 0 Å². The number of rotatable bonds is 7. The fourth-order valence-corrected chi connectivity index (χ4v) is 3.38. The number of aryl methyl sites for hydroxylation is 1. The summed E-state index contributed by atoms with van der Waals surface area (Å²) in [6, 6.07) is 2.14. The van der Waals surface area contributed by atoms with Gasteiger partial charge in [0.25, 0.3) is 0 Å². The van der Waals surface area contributed by atoms with Crippen molar-refractivity contribution in [3.63, 3.8) is 0 Å². The van der Waals surface area contributed by atoms with Crippen LogP contribution in [0.3, 0.4) is 0 Å². The minimum Gasteiger partial charge on any atom is -0.392 e. The molecule has 114 valence electrons. The maximum atomic E-state index is 9.71. The van der Waals surface area contributed by atoms with Crippen LogP contribution < -0.4 is 0 Å². The Morgan fingerprint density at radius 1 is 1.33 bits per heavy atom. The van der Waals surface area contributed by atoms with Crippen molar-refractivity contribution in [1.82, 2.24) is 14.9 Å². The maximum absolute atomic E-state index is 9.71. The number of hydrogen-bond donors (Lipinski definition) is 1. The highest BCUT2D eigenvalue weighted by atomic mass is 32.2. The first-order valence-corrected chi connectivity index (χ1v) is 8.97. The van der Waals surface area contributed by atoms with Gasteiger partial charge in [0, 0.05) is 42.5 Å². The number of thiophene rings is 1. The van der Waals surface area contributed by atoms with Crippen LogP contribution in [0.15, 0.2) is 29.0 Å². The molecule has 0 bridgehead atoms. The summed E-state index contributed by atoms with van der Waals surface area (Å²) in [7, 11) is 0. The Morgan fingerprint density at radius 3 is 2.57 bits per heavy atom. The van der Waals surface area contributed by atoms with Crippen molar-refractivity contribution in [2.24, 2.45) is 0 Å². The minimum atomic E-state index is -0.350. The van der Waals surface area contributed by atoms with Gasteiger partial charge in [-0.2, -0.15) is 0 Å². The predicted octanol–water partition coefficient (Wildman–Crippen LogP) is 2.95. The Morgan fingerprint density at radius 2 is 2.05 bits per heavy atom. The van der Waals surface area contributed by atoms with E-state index in [2.05, 4.69) is 33.2 Å². The van der Waals surface area contributed by atoms with Gasteiger partial charge in [0.15, 0.2) is 5.16 Å². The number of hydrogen-bond acceptors (Lipinski definition) is 6. The highest BCUT2D eigenvalue weighted by Crippen LogP contribution is 2.19. The largest absolute Gasteiger partial charge is 0.392 e. The van der Waals surface area contributed by atoms with E-state index in [1.807, 2.05) is 25.6 Å². The van der Waals surface area contributed by atoms with Crippen molar-refractivity contribution in [3.8, 4) is 0 Å². The zero-order valence-electron chi connectivity index (χ0n) is 12.6. The zero-order chi connectivity index (χ0) is 15.2. The molecule has 21 heavy (non-hydrogen) atoms. The van der Waals surface area contributed by atoms with E-state index in [1.54, 1.807) is 11.3 Å². The molecule has 2 heterocycles. The fraction of sp³-hybridized carbons (Fsp3) is 0.467. The lowest BCUT2D eigenvalue weighted by molar-refractivity contribution is 0.118. The topological polar surface area (TPSA) is 49.2 Å². The number of aliphatic hydroxyl groups is 1. The summed E-state index contributed by atoms with van der Waals surface area (Å²) >= 11 is 3.30. The molecule has 0 radical (unpaired) electrons. The Labute approximate surface area is 134 Å². The minimum absolute atomic E-state index is 0.350. The van der Waals surface area contributed by atoms with Crippen LogP contribution in [0.25, 0.3) is 0 Å². The van der Waals surface area contributed by atoms with E-state index in [1.165, 1.54) is 22.2 Å². The molecule has 0 spiro atoms. The van der Waals surface area contributed by atoms with E-state index < -0.39 is 0 Å². The Balaban J connectivity index is 2.06. The van der Waals surface area contributed by atoms with Gasteiger partial charge < -0.3 is 5.11 Å². The molecule has 1 atom stereocenters. The van der Waals surface area contributed by atoms with Gasteiger partial charge in [0.1, 0.15) is 0 Å². The van der Waals surface area contributed by atoms with Crippen LogP contribution in [-0.4, -0.2) is 38.9 Å². The Bertz CT molecular complexity index is 554. The van der Waals surface area contributed by atoms with Crippen LogP contribution in [0.1, 0.15) is 22.9 Å². The van der Waals surface area contributed by atoms with Crippen LogP contribution in [0.4, 0.5) is 0 Å². The number of aromatic nitrogens is 2. The van der Waals surface area contributed by atoms with Gasteiger partial charge in [-0.05, 0) is 37.1 Å². The number of aliphatic hydroxyl groups excluding tert-OH is 1. The molecule has 4 nitrogen and oxygen atoms in total. The summed E-state index contributed by atoms with van der Waals surface area (Å²) in [6.07, 6.45) is 5.36. The molecule has 0 aliphatic rings. The van der Waals surface area contributed by atoms with Crippen molar-refractivity contribution in [2.45, 2.75) is 38.2 Å². The van der Waals surface area contributed by atoms with E-state index >= 15 is 0 Å². The first-order chi connectivity index (χ1) is 10.1. The summed E-state index contributed by atoms with van der Waals surface area (Å²) in [5.74, 6) is 0. The first-order valence-electron chi connectivity index (χ1n) is 6.86. The number of thioether (sulfide) groups is 1. The fourth-order valence-electron chi connectivity index (χ4n) is 2.12. The van der Waals surface area contributed by atoms with E-state index in [4.69, 9.17) is 0 Å². The second kappa shape index (κ2) is 7.89. The zero-order valence-corrected chi connectivity index (χ0v) is 14.2. The molecule has 2 aromatic heterocycles. The molecule has 2 aromatic rings. The lowest BCUT2D eigenvalue weighted by Crippen LogP contribution is -2.30. The highest BCUT2D eigenvalue weighted by molar-refractivity contribution is 7.98. The third-order valence-corrected chi connectivity index (χ3v) is 4.71. The second-order valence-corrected chi connectivity index (χ2v) is 6.90. The molecule has 2 rings (SSSR count). The summed E-state index contributed by atoms with van der Waals surface area (Å²) in [5, 5.41) is 12.6. The summed E-state index contributed by atoms with van der Waals surface area (Å²) < 4.78 is 0. The Kier molecular flexibility index (Phi) is 6.17. The van der Waals surface area contributed by atoms with Gasteiger partial charge in [-0.3, -0.25) is 4.90 Å². The van der Waals surface area contributed by atoms with E-state index in [0.717, 1.165) is 23.8 Å². The summed E-state index contributed by atoms with van der Waals surface area (Å²) in [5.41, 5.74) is 2.38. The highest BCUT2D eigenvalue weighted by Gasteiger charge is 2.12. The molecule has 6 heteroatoms. The van der Waals surface area contributed by atoms with Crippen LogP contribution in [0, 0.1) is 6.92 Å². The van der Waals surface area contributed by atoms with Gasteiger partial charge in [0.2, 0.25) is 0 Å². The monoisotopic (exact) mass is 323 g/mol. The van der Waals surface area contributed by atoms with Crippen molar-refractivity contribution in [3.05, 3.63) is 39.8 Å². The average Bonchev–Trinajstić information content (AvgIpc) is 2.84. The molecule has 0 saturated heterocycles. The third kappa shape index (κ3) is 5.07. The second-order valence-electron chi connectivity index (χ2n) is 5.12. The summed E-state index contributed by atoms with van der Waals surface area (Å²) in [6.45, 7) is 6.18. The molecule has 0 amide bonds. The van der Waals surface area contributed by atoms with Crippen LogP contribution >= 0.6 is 23.1 Å². The molecular formula is C15H21N3OS2. The van der Waals surface area contributed by atoms with E-state index in [-0.39, 0.29) is 6.10 Å². The van der Waals surface area contributed by atoms with Crippen molar-refractivity contribution in [1.29, 1.82) is 0 Å². The number of nitrogens with zero attached hydrogens (tertiary/aromatic N) is 3. The van der Waals surface area contributed by atoms with Crippen molar-refractivity contribution < 1.29 is 5.11 Å². The first kappa shape index (κ1) is 16.4. The van der Waals surface area contributed by atoms with Gasteiger partial charge >= 0.3 is 0 Å². The smallest absolute Gasteiger partial charge is 0.187 e. The van der Waals surface area contributed by atoms with E-state index in [9.17, 15) is 5.11 Å². The lowest BCUT2D eigenvalue weighted by atomic mass is 10.2. The molecule has 0 saturated carbocycles.